The van der Waals surface area contributed by atoms with Crippen LogP contribution in [0.3, 0.4) is 0 Å². The van der Waals surface area contributed by atoms with Gasteiger partial charge in [0.2, 0.25) is 5.89 Å². The molecule has 0 atom stereocenters. The Morgan fingerprint density at radius 1 is 1.16 bits per heavy atom. The van der Waals surface area contributed by atoms with E-state index in [2.05, 4.69) is 24.7 Å². The van der Waals surface area contributed by atoms with Gasteiger partial charge in [-0.2, -0.15) is 0 Å². The number of ether oxygens (including phenoxy) is 1. The number of pyridine rings is 1. The van der Waals surface area contributed by atoms with Crippen LogP contribution < -0.4 is 0 Å². The number of oxazole rings is 1. The lowest BCUT2D eigenvalue weighted by molar-refractivity contribution is 0.0518. The highest BCUT2D eigenvalue weighted by molar-refractivity contribution is 7.98. The summed E-state index contributed by atoms with van der Waals surface area (Å²) in [7, 11) is 0. The fraction of sp³-hybridized carbons (Fsp3) is 0.261. The summed E-state index contributed by atoms with van der Waals surface area (Å²) in [6, 6.07) is 13.7. The Morgan fingerprint density at radius 2 is 1.97 bits per heavy atom. The second-order valence-electron chi connectivity index (χ2n) is 7.32. The van der Waals surface area contributed by atoms with E-state index in [-0.39, 0.29) is 12.3 Å². The van der Waals surface area contributed by atoms with Crippen LogP contribution >= 0.6 is 11.8 Å². The molecule has 0 bridgehead atoms. The molecule has 1 fully saturated rings. The molecular formula is C23H21N5O3S. The fourth-order valence-corrected chi connectivity index (χ4v) is 4.30. The maximum absolute atomic E-state index is 12.5. The zero-order valence-corrected chi connectivity index (χ0v) is 18.3. The minimum absolute atomic E-state index is 0.197. The average molecular weight is 448 g/mol. The molecule has 3 heterocycles. The van der Waals surface area contributed by atoms with E-state index in [0.717, 1.165) is 34.9 Å². The summed E-state index contributed by atoms with van der Waals surface area (Å²) in [5.41, 5.74) is 1.93. The van der Waals surface area contributed by atoms with Crippen LogP contribution in [0.15, 0.2) is 64.4 Å². The Bertz CT molecular complexity index is 1220. The van der Waals surface area contributed by atoms with Gasteiger partial charge in [0.15, 0.2) is 16.7 Å². The highest BCUT2D eigenvalue weighted by Gasteiger charge is 2.31. The van der Waals surface area contributed by atoms with Crippen LogP contribution in [-0.2, 0) is 10.5 Å². The molecule has 9 heteroatoms. The van der Waals surface area contributed by atoms with E-state index < -0.39 is 5.97 Å². The van der Waals surface area contributed by atoms with Crippen molar-refractivity contribution in [2.45, 2.75) is 36.7 Å². The smallest absolute Gasteiger partial charge is 0.360 e. The number of carbonyl (C=O) groups is 1. The van der Waals surface area contributed by atoms with Crippen molar-refractivity contribution in [1.29, 1.82) is 0 Å². The Labute approximate surface area is 189 Å². The normalized spacial score (nSPS) is 13.3. The van der Waals surface area contributed by atoms with Crippen molar-refractivity contribution in [1.82, 2.24) is 24.7 Å². The predicted octanol–water partition coefficient (Wildman–Crippen LogP) is 4.80. The van der Waals surface area contributed by atoms with Gasteiger partial charge in [0.25, 0.3) is 0 Å². The van der Waals surface area contributed by atoms with Gasteiger partial charge in [0.1, 0.15) is 5.76 Å². The van der Waals surface area contributed by atoms with Crippen molar-refractivity contribution in [3.8, 4) is 22.8 Å². The summed E-state index contributed by atoms with van der Waals surface area (Å²) in [6.45, 7) is 2.03. The number of nitrogens with zero attached hydrogens (tertiary/aromatic N) is 5. The van der Waals surface area contributed by atoms with Crippen LogP contribution in [0.1, 0.15) is 42.1 Å². The summed E-state index contributed by atoms with van der Waals surface area (Å²) in [5, 5.41) is 9.61. The average Bonchev–Trinajstić information content (AvgIpc) is 3.43. The topological polar surface area (TPSA) is 95.9 Å². The molecule has 0 amide bonds. The number of carbonyl (C=O) groups excluding carboxylic acids is 1. The first-order chi connectivity index (χ1) is 15.7. The molecule has 5 rings (SSSR count). The van der Waals surface area contributed by atoms with Gasteiger partial charge < -0.3 is 9.15 Å². The van der Waals surface area contributed by atoms with Crippen molar-refractivity contribution in [3.63, 3.8) is 0 Å². The molecule has 0 N–H and O–H groups in total. The number of hydrogen-bond acceptors (Lipinski definition) is 8. The van der Waals surface area contributed by atoms with Gasteiger partial charge in [-0.1, -0.05) is 30.0 Å². The summed E-state index contributed by atoms with van der Waals surface area (Å²) in [6.07, 6.45) is 5.71. The second kappa shape index (κ2) is 8.96. The third-order valence-corrected chi connectivity index (χ3v) is 5.96. The monoisotopic (exact) mass is 447 g/mol. The molecule has 0 saturated heterocycles. The van der Waals surface area contributed by atoms with Crippen LogP contribution in [0.2, 0.25) is 0 Å². The number of hydrogen-bond donors (Lipinski definition) is 0. The lowest BCUT2D eigenvalue weighted by Crippen LogP contribution is -2.07. The van der Waals surface area contributed by atoms with Crippen LogP contribution in [0.25, 0.3) is 22.8 Å². The van der Waals surface area contributed by atoms with E-state index in [1.54, 1.807) is 19.3 Å². The van der Waals surface area contributed by atoms with Gasteiger partial charge in [-0.15, -0.1) is 10.2 Å². The fourth-order valence-electron chi connectivity index (χ4n) is 3.37. The van der Waals surface area contributed by atoms with Gasteiger partial charge in [-0.3, -0.25) is 9.55 Å². The van der Waals surface area contributed by atoms with Gasteiger partial charge >= 0.3 is 5.97 Å². The van der Waals surface area contributed by atoms with E-state index >= 15 is 0 Å². The lowest BCUT2D eigenvalue weighted by atomic mass is 10.2. The molecule has 162 valence electrons. The maximum atomic E-state index is 12.5. The Hall–Kier alpha value is -3.46. The predicted molar refractivity (Wildman–Crippen MR) is 119 cm³/mol. The van der Waals surface area contributed by atoms with Crippen LogP contribution in [0, 0.1) is 0 Å². The standard InChI is InChI=1S/C23H21N5O3S/c1-2-30-22(29)19-18(31-21(25-19)15-7-4-3-5-8-15)14-32-23-27-26-20(28(23)17-10-11-17)16-9-6-12-24-13-16/h3-9,12-13,17H,2,10-11,14H2,1H3. The van der Waals surface area contributed by atoms with Gasteiger partial charge in [-0.05, 0) is 44.0 Å². The van der Waals surface area contributed by atoms with Crippen molar-refractivity contribution in [2.24, 2.45) is 0 Å². The van der Waals surface area contributed by atoms with Crippen molar-refractivity contribution >= 4 is 17.7 Å². The largest absolute Gasteiger partial charge is 0.461 e. The number of benzene rings is 1. The summed E-state index contributed by atoms with van der Waals surface area (Å²) in [5.74, 6) is 1.54. The van der Waals surface area contributed by atoms with Crippen molar-refractivity contribution in [3.05, 3.63) is 66.3 Å². The molecule has 1 aliphatic rings. The zero-order valence-electron chi connectivity index (χ0n) is 17.5. The maximum Gasteiger partial charge on any atom is 0.360 e. The number of thioether (sulfide) groups is 1. The third kappa shape index (κ3) is 4.16. The first-order valence-corrected chi connectivity index (χ1v) is 11.4. The van der Waals surface area contributed by atoms with E-state index in [4.69, 9.17) is 9.15 Å². The summed E-state index contributed by atoms with van der Waals surface area (Å²) in [4.78, 5) is 21.1. The minimum atomic E-state index is -0.492. The second-order valence-corrected chi connectivity index (χ2v) is 8.26. The molecule has 1 aromatic carbocycles. The number of aromatic nitrogens is 5. The van der Waals surface area contributed by atoms with Crippen LogP contribution in [0.4, 0.5) is 0 Å². The molecule has 4 aromatic rings. The first-order valence-electron chi connectivity index (χ1n) is 10.4. The molecule has 0 aliphatic heterocycles. The molecule has 32 heavy (non-hydrogen) atoms. The van der Waals surface area contributed by atoms with Crippen molar-refractivity contribution < 1.29 is 13.9 Å². The molecule has 0 radical (unpaired) electrons. The molecule has 1 saturated carbocycles. The molecule has 1 aliphatic carbocycles. The minimum Gasteiger partial charge on any atom is -0.461 e. The SMILES string of the molecule is CCOC(=O)c1nc(-c2ccccc2)oc1CSc1nnc(-c2cccnc2)n1C1CC1. The summed E-state index contributed by atoms with van der Waals surface area (Å²) < 4.78 is 13.3. The van der Waals surface area contributed by atoms with E-state index in [1.807, 2.05) is 42.5 Å². The van der Waals surface area contributed by atoms with Gasteiger partial charge in [-0.25, -0.2) is 9.78 Å². The van der Waals surface area contributed by atoms with Crippen molar-refractivity contribution in [2.75, 3.05) is 6.61 Å². The van der Waals surface area contributed by atoms with E-state index in [1.165, 1.54) is 11.8 Å². The van der Waals surface area contributed by atoms with Crippen LogP contribution in [-0.4, -0.2) is 37.3 Å². The number of esters is 1. The Morgan fingerprint density at radius 3 is 2.69 bits per heavy atom. The third-order valence-electron chi connectivity index (χ3n) is 5.02. The highest BCUT2D eigenvalue weighted by Crippen LogP contribution is 2.41. The zero-order chi connectivity index (χ0) is 21.9. The van der Waals surface area contributed by atoms with Crippen LogP contribution in [0.5, 0.6) is 0 Å². The Balaban J connectivity index is 1.44. The highest BCUT2D eigenvalue weighted by atomic mass is 32.2. The number of rotatable bonds is 8. The van der Waals surface area contributed by atoms with Gasteiger partial charge in [0, 0.05) is 29.6 Å². The van der Waals surface area contributed by atoms with E-state index in [0.29, 0.717) is 23.4 Å². The Kier molecular flexibility index (Phi) is 5.72. The lowest BCUT2D eigenvalue weighted by Gasteiger charge is -2.08. The quantitative estimate of drug-likeness (QED) is 0.281. The molecule has 0 spiro atoms. The summed E-state index contributed by atoms with van der Waals surface area (Å²) >= 11 is 1.47. The molecule has 0 unspecified atom stereocenters. The molecular weight excluding hydrogens is 426 g/mol. The molecule has 8 nitrogen and oxygen atoms in total. The van der Waals surface area contributed by atoms with Gasteiger partial charge in [0.05, 0.1) is 12.4 Å². The first kappa shape index (κ1) is 20.4. The van der Waals surface area contributed by atoms with E-state index in [9.17, 15) is 4.79 Å². The molecule has 3 aromatic heterocycles.